The Kier molecular flexibility index (Phi) is 1.64. The zero-order valence-corrected chi connectivity index (χ0v) is 2.73. The maximum Gasteiger partial charge on any atom is 0.0564 e. The number of aliphatic hydroxyl groups is 1. The van der Waals surface area contributed by atoms with E-state index >= 15 is 0 Å². The Morgan fingerprint density at radius 1 is 2.25 bits per heavy atom. The SMILES string of the molecule is [2H]C(O)CC. The molecule has 1 heteroatoms. The zero-order valence-electron chi connectivity index (χ0n) is 3.73. The van der Waals surface area contributed by atoms with Gasteiger partial charge in [-0.05, 0) is 6.42 Å². The van der Waals surface area contributed by atoms with E-state index in [0.29, 0.717) is 6.42 Å². The summed E-state index contributed by atoms with van der Waals surface area (Å²) in [5, 5.41) is 8.03. The van der Waals surface area contributed by atoms with E-state index in [0.717, 1.165) is 0 Å². The van der Waals surface area contributed by atoms with Crippen LogP contribution >= 0.6 is 0 Å². The molecule has 0 fully saturated rings. The molecule has 0 rings (SSSR count). The molecule has 1 N–H and O–H groups in total. The number of rotatable bonds is 1. The normalized spacial score (nSPS) is 19.0. The topological polar surface area (TPSA) is 20.2 Å². The van der Waals surface area contributed by atoms with Crippen LogP contribution in [0.5, 0.6) is 0 Å². The fraction of sp³-hybridized carbons (Fsp3) is 1.00. The lowest BCUT2D eigenvalue weighted by atomic mass is 10.5. The fourth-order valence-electron chi connectivity index (χ4n) is 0. The summed E-state index contributed by atoms with van der Waals surface area (Å²) in [4.78, 5) is 0. The highest BCUT2D eigenvalue weighted by Gasteiger charge is 1.57. The van der Waals surface area contributed by atoms with Gasteiger partial charge in [-0.15, -0.1) is 0 Å². The highest BCUT2D eigenvalue weighted by molar-refractivity contribution is 4.10. The molecule has 0 amide bonds. The smallest absolute Gasteiger partial charge is 0.0564 e. The zero-order chi connectivity index (χ0) is 4.28. The summed E-state index contributed by atoms with van der Waals surface area (Å²) in [6.45, 7) is 0.896. The molecule has 0 saturated carbocycles. The first-order valence-electron chi connectivity index (χ1n) is 1.95. The van der Waals surface area contributed by atoms with Crippen LogP contribution in [-0.2, 0) is 0 Å². The molecule has 26 valence electrons. The predicted molar refractivity (Wildman–Crippen MR) is 17.4 cm³/mol. The molecule has 0 saturated heterocycles. The summed E-state index contributed by atoms with van der Waals surface area (Å²) in [6.07, 6.45) is 0.528. The lowest BCUT2D eigenvalue weighted by molar-refractivity contribution is 0.295. The van der Waals surface area contributed by atoms with Crippen LogP contribution in [0, 0.1) is 0 Å². The van der Waals surface area contributed by atoms with Crippen molar-refractivity contribution in [2.24, 2.45) is 0 Å². The molecule has 1 unspecified atom stereocenters. The average molecular weight is 61.1 g/mol. The molecule has 0 radical (unpaired) electrons. The van der Waals surface area contributed by atoms with Gasteiger partial charge in [-0.3, -0.25) is 0 Å². The van der Waals surface area contributed by atoms with E-state index in [2.05, 4.69) is 0 Å². The highest BCUT2D eigenvalue weighted by Crippen LogP contribution is 1.61. The number of hydrogen-bond acceptors (Lipinski definition) is 1. The minimum absolute atomic E-state index is 0.528. The molecule has 1 nitrogen and oxygen atoms in total. The molecule has 0 aromatic heterocycles. The van der Waals surface area contributed by atoms with Crippen molar-refractivity contribution in [3.63, 3.8) is 0 Å². The van der Waals surface area contributed by atoms with Gasteiger partial charge in [-0.25, -0.2) is 0 Å². The first-order valence-corrected chi connectivity index (χ1v) is 1.37. The van der Waals surface area contributed by atoms with Gasteiger partial charge in [0.1, 0.15) is 0 Å². The van der Waals surface area contributed by atoms with Crippen LogP contribution in [0.1, 0.15) is 14.7 Å². The summed E-state index contributed by atoms with van der Waals surface area (Å²) in [5.41, 5.74) is 0. The van der Waals surface area contributed by atoms with E-state index in [1.807, 2.05) is 0 Å². The maximum absolute atomic E-state index is 8.03. The summed E-state index contributed by atoms with van der Waals surface area (Å²) in [5.74, 6) is 0. The number of aliphatic hydroxyl groups excluding tert-OH is 1. The van der Waals surface area contributed by atoms with Gasteiger partial charge in [0.05, 0.1) is 1.37 Å². The molecular formula is C3H8O. The van der Waals surface area contributed by atoms with Crippen molar-refractivity contribution in [2.75, 3.05) is 6.58 Å². The molecule has 0 aromatic carbocycles. The van der Waals surface area contributed by atoms with Crippen LogP contribution in [0.15, 0.2) is 0 Å². The summed E-state index contributed by atoms with van der Waals surface area (Å²) in [6, 6.07) is 0. The lowest BCUT2D eigenvalue weighted by Gasteiger charge is -1.69. The summed E-state index contributed by atoms with van der Waals surface area (Å²) in [7, 11) is 0. The molecule has 0 aromatic rings. The van der Waals surface area contributed by atoms with Crippen molar-refractivity contribution in [1.29, 1.82) is 0 Å². The van der Waals surface area contributed by atoms with Crippen LogP contribution in [0.3, 0.4) is 0 Å². The molecule has 0 aliphatic carbocycles. The van der Waals surface area contributed by atoms with Crippen molar-refractivity contribution >= 4 is 0 Å². The van der Waals surface area contributed by atoms with E-state index in [4.69, 9.17) is 6.48 Å². The van der Waals surface area contributed by atoms with Crippen LogP contribution in [0.4, 0.5) is 0 Å². The van der Waals surface area contributed by atoms with E-state index in [1.165, 1.54) is 0 Å². The van der Waals surface area contributed by atoms with Gasteiger partial charge in [-0.1, -0.05) is 6.92 Å². The first kappa shape index (κ1) is 2.21. The third-order valence-corrected chi connectivity index (χ3v) is 0.183. The number of hydrogen-bond donors (Lipinski definition) is 1. The van der Waals surface area contributed by atoms with E-state index < -0.39 is 6.58 Å². The molecule has 0 heterocycles. The predicted octanol–water partition coefficient (Wildman–Crippen LogP) is 0.389. The van der Waals surface area contributed by atoms with Crippen molar-refractivity contribution in [1.82, 2.24) is 0 Å². The van der Waals surface area contributed by atoms with E-state index in [-0.39, 0.29) is 0 Å². The van der Waals surface area contributed by atoms with Gasteiger partial charge in [-0.2, -0.15) is 0 Å². The fourth-order valence-corrected chi connectivity index (χ4v) is 0. The van der Waals surface area contributed by atoms with E-state index in [9.17, 15) is 0 Å². The molecule has 1 atom stereocenters. The van der Waals surface area contributed by atoms with Crippen molar-refractivity contribution < 1.29 is 6.48 Å². The second-order valence-electron chi connectivity index (χ2n) is 0.591. The Morgan fingerprint density at radius 2 is 2.50 bits per heavy atom. The molecular weight excluding hydrogens is 52.0 g/mol. The standard InChI is InChI=1S/C3H8O/c1-2-3-4/h4H,2-3H2,1H3/i3D. The molecule has 0 bridgehead atoms. The lowest BCUT2D eigenvalue weighted by Crippen LogP contribution is -1.69. The second-order valence-corrected chi connectivity index (χ2v) is 0.591. The average Bonchev–Trinajstić information content (AvgIpc) is 1.38. The molecule has 0 aliphatic rings. The Hall–Kier alpha value is -0.0400. The monoisotopic (exact) mass is 61.1 g/mol. The van der Waals surface area contributed by atoms with Gasteiger partial charge in [0.25, 0.3) is 0 Å². The van der Waals surface area contributed by atoms with Crippen LogP contribution in [0.25, 0.3) is 0 Å². The highest BCUT2D eigenvalue weighted by atomic mass is 16.2. The van der Waals surface area contributed by atoms with Crippen molar-refractivity contribution in [3.8, 4) is 0 Å². The van der Waals surface area contributed by atoms with E-state index in [1.54, 1.807) is 6.92 Å². The Labute approximate surface area is 27.7 Å². The molecule has 0 spiro atoms. The van der Waals surface area contributed by atoms with Gasteiger partial charge >= 0.3 is 0 Å². The molecule has 4 heavy (non-hydrogen) atoms. The van der Waals surface area contributed by atoms with Crippen molar-refractivity contribution in [2.45, 2.75) is 13.3 Å². The van der Waals surface area contributed by atoms with Gasteiger partial charge < -0.3 is 5.11 Å². The Morgan fingerprint density at radius 3 is 2.50 bits per heavy atom. The third kappa shape index (κ3) is 1.96. The van der Waals surface area contributed by atoms with Gasteiger partial charge in [0, 0.05) is 6.58 Å². The maximum atomic E-state index is 8.03. The quantitative estimate of drug-likeness (QED) is 0.465. The van der Waals surface area contributed by atoms with Crippen molar-refractivity contribution in [3.05, 3.63) is 0 Å². The second kappa shape index (κ2) is 2.96. The minimum atomic E-state index is -0.866. The molecule has 0 aliphatic heterocycles. The first-order chi connectivity index (χ1) is 2.27. The third-order valence-electron chi connectivity index (χ3n) is 0.183. The Balaban J connectivity index is 2.54. The summed E-state index contributed by atoms with van der Waals surface area (Å²) < 4.78 is 6.38. The van der Waals surface area contributed by atoms with Gasteiger partial charge in [0.15, 0.2) is 0 Å². The largest absolute Gasteiger partial charge is 0.396 e. The Bertz CT molecular complexity index is 20.9. The summed E-state index contributed by atoms with van der Waals surface area (Å²) >= 11 is 0. The van der Waals surface area contributed by atoms with Crippen LogP contribution in [0.2, 0.25) is 0 Å². The van der Waals surface area contributed by atoms with Crippen LogP contribution in [-0.4, -0.2) is 11.7 Å². The van der Waals surface area contributed by atoms with Crippen LogP contribution < -0.4 is 0 Å². The minimum Gasteiger partial charge on any atom is -0.396 e. The van der Waals surface area contributed by atoms with Gasteiger partial charge in [0.2, 0.25) is 0 Å².